The van der Waals surface area contributed by atoms with Gasteiger partial charge in [-0.05, 0) is 6.42 Å². The van der Waals surface area contributed by atoms with Gasteiger partial charge in [-0.25, -0.2) is 0 Å². The van der Waals surface area contributed by atoms with E-state index in [1.54, 1.807) is 6.26 Å². The van der Waals surface area contributed by atoms with E-state index in [-0.39, 0.29) is 6.10 Å². The predicted octanol–water partition coefficient (Wildman–Crippen LogP) is -0.569. The molecule has 2 atom stereocenters. The smallest absolute Gasteiger partial charge is 0.0679 e. The van der Waals surface area contributed by atoms with Crippen molar-refractivity contribution < 1.29 is 9.32 Å². The lowest BCUT2D eigenvalue weighted by molar-refractivity contribution is 0.178. The van der Waals surface area contributed by atoms with Crippen molar-refractivity contribution in [1.29, 1.82) is 0 Å². The zero-order valence-electron chi connectivity index (χ0n) is 6.82. The summed E-state index contributed by atoms with van der Waals surface area (Å²) in [7, 11) is -0.696. The normalized spacial score (nSPS) is 29.1. The van der Waals surface area contributed by atoms with Crippen LogP contribution < -0.4 is 0 Å². The Kier molecular flexibility index (Phi) is 3.48. The molecule has 0 spiro atoms. The summed E-state index contributed by atoms with van der Waals surface area (Å²) in [4.78, 5) is 2.16. The van der Waals surface area contributed by atoms with Crippen LogP contribution in [0.3, 0.4) is 0 Å². The standard InChI is InChI=1S/C7H15NO2S/c1-11(10)5-4-8-3-2-7(9)6-8/h7,9H,2-6H2,1H3. The summed E-state index contributed by atoms with van der Waals surface area (Å²) in [6.45, 7) is 2.58. The third-order valence-electron chi connectivity index (χ3n) is 1.94. The minimum Gasteiger partial charge on any atom is -0.392 e. The van der Waals surface area contributed by atoms with E-state index in [2.05, 4.69) is 4.90 Å². The summed E-state index contributed by atoms with van der Waals surface area (Å²) in [6.07, 6.45) is 2.43. The Hall–Kier alpha value is 0.0700. The molecule has 0 radical (unpaired) electrons. The van der Waals surface area contributed by atoms with Crippen molar-refractivity contribution in [2.75, 3.05) is 31.6 Å². The van der Waals surface area contributed by atoms with Crippen LogP contribution in [0.1, 0.15) is 6.42 Å². The maximum absolute atomic E-state index is 10.7. The molecule has 1 fully saturated rings. The quantitative estimate of drug-likeness (QED) is 0.628. The zero-order valence-corrected chi connectivity index (χ0v) is 7.64. The van der Waals surface area contributed by atoms with Crippen LogP contribution in [0.2, 0.25) is 0 Å². The van der Waals surface area contributed by atoms with Crippen molar-refractivity contribution in [3.63, 3.8) is 0 Å². The molecule has 1 N–H and O–H groups in total. The molecule has 0 bridgehead atoms. The lowest BCUT2D eigenvalue weighted by Gasteiger charge is -2.12. The molecular formula is C7H15NO2S. The van der Waals surface area contributed by atoms with Crippen molar-refractivity contribution in [1.82, 2.24) is 4.90 Å². The van der Waals surface area contributed by atoms with Gasteiger partial charge < -0.3 is 5.11 Å². The SMILES string of the molecule is CS(=O)CCN1CCC(O)C1. The minimum absolute atomic E-state index is 0.153. The van der Waals surface area contributed by atoms with Crippen LogP contribution in [0.15, 0.2) is 0 Å². The van der Waals surface area contributed by atoms with Crippen molar-refractivity contribution in [2.45, 2.75) is 12.5 Å². The van der Waals surface area contributed by atoms with Crippen LogP contribution in [0.25, 0.3) is 0 Å². The molecule has 2 unspecified atom stereocenters. The van der Waals surface area contributed by atoms with Gasteiger partial charge >= 0.3 is 0 Å². The largest absolute Gasteiger partial charge is 0.392 e. The average Bonchev–Trinajstić information content (AvgIpc) is 2.31. The number of aliphatic hydroxyl groups is 1. The molecule has 4 heteroatoms. The highest BCUT2D eigenvalue weighted by Crippen LogP contribution is 2.07. The molecule has 1 aliphatic heterocycles. The van der Waals surface area contributed by atoms with E-state index in [1.807, 2.05) is 0 Å². The van der Waals surface area contributed by atoms with Gasteiger partial charge in [0.05, 0.1) is 6.10 Å². The monoisotopic (exact) mass is 177 g/mol. The van der Waals surface area contributed by atoms with E-state index in [0.29, 0.717) is 0 Å². The molecular weight excluding hydrogens is 162 g/mol. The first-order chi connectivity index (χ1) is 5.18. The average molecular weight is 177 g/mol. The molecule has 0 aromatic rings. The third-order valence-corrected chi connectivity index (χ3v) is 2.70. The van der Waals surface area contributed by atoms with E-state index in [9.17, 15) is 4.21 Å². The number of nitrogens with zero attached hydrogens (tertiary/aromatic N) is 1. The molecule has 0 saturated carbocycles. The van der Waals surface area contributed by atoms with Gasteiger partial charge in [0.1, 0.15) is 0 Å². The van der Waals surface area contributed by atoms with Gasteiger partial charge in [-0.3, -0.25) is 9.11 Å². The fourth-order valence-electron chi connectivity index (χ4n) is 1.27. The number of β-amino-alcohol motifs (C(OH)–C–C–N with tert-alkyl or cyclic N) is 1. The Bertz CT molecular complexity index is 151. The summed E-state index contributed by atoms with van der Waals surface area (Å²) in [5, 5.41) is 9.15. The van der Waals surface area contributed by atoms with Crippen LogP contribution in [0.5, 0.6) is 0 Å². The van der Waals surface area contributed by atoms with Gasteiger partial charge in [-0.1, -0.05) is 0 Å². The molecule has 0 aromatic heterocycles. The van der Waals surface area contributed by atoms with E-state index in [0.717, 1.165) is 31.8 Å². The molecule has 11 heavy (non-hydrogen) atoms. The van der Waals surface area contributed by atoms with Crippen molar-refractivity contribution >= 4 is 10.8 Å². The number of hydrogen-bond donors (Lipinski definition) is 1. The summed E-state index contributed by atoms with van der Waals surface area (Å²) >= 11 is 0. The summed E-state index contributed by atoms with van der Waals surface area (Å²) in [5.41, 5.74) is 0. The minimum atomic E-state index is -0.696. The van der Waals surface area contributed by atoms with Crippen LogP contribution >= 0.6 is 0 Å². The molecule has 1 heterocycles. The fraction of sp³-hybridized carbons (Fsp3) is 1.00. The highest BCUT2D eigenvalue weighted by atomic mass is 32.2. The van der Waals surface area contributed by atoms with E-state index >= 15 is 0 Å². The Labute approximate surface area is 69.9 Å². The predicted molar refractivity (Wildman–Crippen MR) is 46.0 cm³/mol. The van der Waals surface area contributed by atoms with Crippen molar-refractivity contribution in [3.05, 3.63) is 0 Å². The van der Waals surface area contributed by atoms with Crippen LogP contribution in [-0.2, 0) is 10.8 Å². The van der Waals surface area contributed by atoms with Crippen molar-refractivity contribution in [2.24, 2.45) is 0 Å². The number of rotatable bonds is 3. The van der Waals surface area contributed by atoms with Gasteiger partial charge in [0, 0.05) is 42.4 Å². The molecule has 1 rings (SSSR count). The lowest BCUT2D eigenvalue weighted by atomic mass is 10.3. The molecule has 66 valence electrons. The van der Waals surface area contributed by atoms with Crippen LogP contribution in [-0.4, -0.2) is 52.0 Å². The number of likely N-dealkylation sites (tertiary alicyclic amines) is 1. The second kappa shape index (κ2) is 4.18. The maximum atomic E-state index is 10.7. The summed E-state index contributed by atoms with van der Waals surface area (Å²) < 4.78 is 10.7. The van der Waals surface area contributed by atoms with Gasteiger partial charge in [0.15, 0.2) is 0 Å². The molecule has 0 aromatic carbocycles. The molecule has 1 saturated heterocycles. The second-order valence-corrected chi connectivity index (χ2v) is 4.58. The highest BCUT2D eigenvalue weighted by Gasteiger charge is 2.19. The first-order valence-corrected chi connectivity index (χ1v) is 5.61. The van der Waals surface area contributed by atoms with Crippen molar-refractivity contribution in [3.8, 4) is 0 Å². The lowest BCUT2D eigenvalue weighted by Crippen LogP contribution is -2.26. The van der Waals surface area contributed by atoms with Gasteiger partial charge in [-0.15, -0.1) is 0 Å². The van der Waals surface area contributed by atoms with Gasteiger partial charge in [-0.2, -0.15) is 0 Å². The van der Waals surface area contributed by atoms with Crippen LogP contribution in [0, 0.1) is 0 Å². The van der Waals surface area contributed by atoms with E-state index in [4.69, 9.17) is 5.11 Å². The molecule has 1 aliphatic rings. The van der Waals surface area contributed by atoms with E-state index < -0.39 is 10.8 Å². The third kappa shape index (κ3) is 3.31. The fourth-order valence-corrected chi connectivity index (χ4v) is 1.79. The first kappa shape index (κ1) is 9.16. The van der Waals surface area contributed by atoms with Crippen LogP contribution in [0.4, 0.5) is 0 Å². The Balaban J connectivity index is 2.13. The Morgan fingerprint density at radius 2 is 2.45 bits per heavy atom. The number of hydrogen-bond acceptors (Lipinski definition) is 3. The molecule has 0 aliphatic carbocycles. The summed E-state index contributed by atoms with van der Waals surface area (Å²) in [6, 6.07) is 0. The zero-order chi connectivity index (χ0) is 8.27. The molecule has 3 nitrogen and oxygen atoms in total. The maximum Gasteiger partial charge on any atom is 0.0679 e. The topological polar surface area (TPSA) is 40.5 Å². The van der Waals surface area contributed by atoms with E-state index in [1.165, 1.54) is 0 Å². The number of aliphatic hydroxyl groups excluding tert-OH is 1. The Morgan fingerprint density at radius 3 is 2.91 bits per heavy atom. The van der Waals surface area contributed by atoms with Gasteiger partial charge in [0.2, 0.25) is 0 Å². The second-order valence-electron chi connectivity index (χ2n) is 3.02. The van der Waals surface area contributed by atoms with Gasteiger partial charge in [0.25, 0.3) is 0 Å². The Morgan fingerprint density at radius 1 is 1.73 bits per heavy atom. The highest BCUT2D eigenvalue weighted by molar-refractivity contribution is 7.84. The summed E-state index contributed by atoms with van der Waals surface area (Å²) in [5.74, 6) is 0.729. The first-order valence-electron chi connectivity index (χ1n) is 3.89. The molecule has 0 amide bonds.